The van der Waals surface area contributed by atoms with E-state index in [9.17, 15) is 4.79 Å². The van der Waals surface area contributed by atoms with Gasteiger partial charge in [0.2, 0.25) is 0 Å². The van der Waals surface area contributed by atoms with Crippen molar-refractivity contribution in [3.05, 3.63) is 71.4 Å². The van der Waals surface area contributed by atoms with Crippen molar-refractivity contribution < 1.29 is 14.3 Å². The molecule has 3 heterocycles. The molecule has 0 spiro atoms. The number of aromatic amines is 1. The number of nitrogens with one attached hydrogen (secondary N) is 1. The molecule has 0 bridgehead atoms. The molecule has 1 fully saturated rings. The van der Waals surface area contributed by atoms with Gasteiger partial charge in [-0.2, -0.15) is 5.10 Å². The number of aromatic nitrogens is 2. The van der Waals surface area contributed by atoms with Crippen LogP contribution in [-0.4, -0.2) is 71.9 Å². The van der Waals surface area contributed by atoms with E-state index in [2.05, 4.69) is 34.2 Å². The lowest BCUT2D eigenvalue weighted by atomic mass is 9.96. The topological polar surface area (TPSA) is 70.7 Å². The van der Waals surface area contributed by atoms with E-state index >= 15 is 0 Å². The van der Waals surface area contributed by atoms with Gasteiger partial charge in [0.25, 0.3) is 5.91 Å². The van der Waals surface area contributed by atoms with E-state index in [0.717, 1.165) is 67.4 Å². The van der Waals surface area contributed by atoms with Crippen molar-refractivity contribution in [3.63, 3.8) is 0 Å². The molecule has 172 valence electrons. The number of ether oxygens (including phenoxy) is 2. The van der Waals surface area contributed by atoms with Gasteiger partial charge in [-0.3, -0.25) is 14.8 Å². The summed E-state index contributed by atoms with van der Waals surface area (Å²) < 4.78 is 11.4. The number of nitrogens with zero attached hydrogens (tertiary/aromatic N) is 3. The maximum atomic E-state index is 13.5. The smallest absolute Gasteiger partial charge is 0.273 e. The zero-order chi connectivity index (χ0) is 22.6. The van der Waals surface area contributed by atoms with Gasteiger partial charge in [0.15, 0.2) is 0 Å². The predicted molar refractivity (Wildman–Crippen MR) is 126 cm³/mol. The fraction of sp³-hybridized carbons (Fsp3) is 0.385. The third kappa shape index (κ3) is 4.38. The molecule has 2 aliphatic rings. The number of H-pyrrole nitrogens is 1. The molecular formula is C26H30N4O3. The van der Waals surface area contributed by atoms with Crippen molar-refractivity contribution >= 4 is 5.91 Å². The minimum atomic E-state index is -0.215. The van der Waals surface area contributed by atoms with Gasteiger partial charge in [-0.25, -0.2) is 0 Å². The normalized spacial score (nSPS) is 18.5. The third-order valence-corrected chi connectivity index (χ3v) is 6.32. The van der Waals surface area contributed by atoms with Crippen LogP contribution in [0.25, 0.3) is 11.3 Å². The average molecular weight is 447 g/mol. The molecule has 1 unspecified atom stereocenters. The molecule has 5 rings (SSSR count). The Labute approximate surface area is 194 Å². The van der Waals surface area contributed by atoms with Crippen LogP contribution < -0.4 is 4.74 Å². The summed E-state index contributed by atoms with van der Waals surface area (Å²) in [6, 6.07) is 18.0. The van der Waals surface area contributed by atoms with Crippen molar-refractivity contribution in [2.75, 3.05) is 46.0 Å². The van der Waals surface area contributed by atoms with Crippen LogP contribution in [0.1, 0.15) is 41.0 Å². The Morgan fingerprint density at radius 1 is 1.09 bits per heavy atom. The highest BCUT2D eigenvalue weighted by Crippen LogP contribution is 2.43. The van der Waals surface area contributed by atoms with Gasteiger partial charge in [0, 0.05) is 37.3 Å². The zero-order valence-corrected chi connectivity index (χ0v) is 19.0. The monoisotopic (exact) mass is 446 g/mol. The number of hydrogen-bond donors (Lipinski definition) is 1. The van der Waals surface area contributed by atoms with Crippen LogP contribution in [0.5, 0.6) is 5.75 Å². The lowest BCUT2D eigenvalue weighted by molar-refractivity contribution is 0.0316. The maximum absolute atomic E-state index is 13.5. The van der Waals surface area contributed by atoms with Gasteiger partial charge in [0.1, 0.15) is 11.4 Å². The molecule has 2 aliphatic heterocycles. The van der Waals surface area contributed by atoms with Crippen molar-refractivity contribution in [2.24, 2.45) is 0 Å². The lowest BCUT2D eigenvalue weighted by Crippen LogP contribution is -2.42. The maximum Gasteiger partial charge on any atom is 0.273 e. The first-order valence-corrected chi connectivity index (χ1v) is 11.7. The van der Waals surface area contributed by atoms with Crippen LogP contribution in [0.4, 0.5) is 0 Å². The van der Waals surface area contributed by atoms with Crippen LogP contribution in [-0.2, 0) is 4.74 Å². The van der Waals surface area contributed by atoms with E-state index in [1.54, 1.807) is 0 Å². The second-order valence-corrected chi connectivity index (χ2v) is 8.50. The highest BCUT2D eigenvalue weighted by Gasteiger charge is 2.42. The average Bonchev–Trinajstić information content (AvgIpc) is 3.41. The van der Waals surface area contributed by atoms with Gasteiger partial charge < -0.3 is 14.4 Å². The summed E-state index contributed by atoms with van der Waals surface area (Å²) in [7, 11) is 0. The Hall–Kier alpha value is -3.16. The molecule has 0 radical (unpaired) electrons. The molecule has 1 atom stereocenters. The molecule has 7 nitrogen and oxygen atoms in total. The van der Waals surface area contributed by atoms with Crippen LogP contribution in [0.2, 0.25) is 0 Å². The Bertz CT molecular complexity index is 1090. The number of hydrogen-bond acceptors (Lipinski definition) is 5. The van der Waals surface area contributed by atoms with Crippen molar-refractivity contribution in [2.45, 2.75) is 19.4 Å². The fourth-order valence-corrected chi connectivity index (χ4v) is 4.66. The zero-order valence-electron chi connectivity index (χ0n) is 19.0. The first-order chi connectivity index (χ1) is 16.3. The Morgan fingerprint density at radius 3 is 2.70 bits per heavy atom. The quantitative estimate of drug-likeness (QED) is 0.571. The SMILES string of the molecule is CCCOc1cccc(C2c3c(-c4ccccc4)n[nH]c3C(=O)N2CCN2CCOCC2)c1. The molecule has 33 heavy (non-hydrogen) atoms. The molecule has 2 aromatic carbocycles. The van der Waals surface area contributed by atoms with Crippen molar-refractivity contribution in [3.8, 4) is 17.0 Å². The summed E-state index contributed by atoms with van der Waals surface area (Å²) in [5.41, 5.74) is 4.40. The van der Waals surface area contributed by atoms with E-state index in [1.165, 1.54) is 0 Å². The minimum Gasteiger partial charge on any atom is -0.494 e. The molecular weight excluding hydrogens is 416 g/mol. The highest BCUT2D eigenvalue weighted by atomic mass is 16.5. The van der Waals surface area contributed by atoms with Gasteiger partial charge in [-0.1, -0.05) is 49.4 Å². The lowest BCUT2D eigenvalue weighted by Gasteiger charge is -2.31. The molecule has 7 heteroatoms. The Balaban J connectivity index is 1.52. The number of benzene rings is 2. The van der Waals surface area contributed by atoms with E-state index in [-0.39, 0.29) is 11.9 Å². The summed E-state index contributed by atoms with van der Waals surface area (Å²) in [6.45, 7) is 7.50. The van der Waals surface area contributed by atoms with Crippen LogP contribution >= 0.6 is 0 Å². The second kappa shape index (κ2) is 9.77. The number of amides is 1. The summed E-state index contributed by atoms with van der Waals surface area (Å²) in [4.78, 5) is 17.9. The molecule has 1 amide bonds. The Morgan fingerprint density at radius 2 is 1.91 bits per heavy atom. The van der Waals surface area contributed by atoms with Crippen molar-refractivity contribution in [1.29, 1.82) is 0 Å². The molecule has 3 aromatic rings. The highest BCUT2D eigenvalue weighted by molar-refractivity contribution is 6.00. The predicted octanol–water partition coefficient (Wildman–Crippen LogP) is 3.74. The first-order valence-electron chi connectivity index (χ1n) is 11.7. The number of morpholine rings is 1. The number of rotatable bonds is 8. The summed E-state index contributed by atoms with van der Waals surface area (Å²) in [5.74, 6) is 0.825. The van der Waals surface area contributed by atoms with E-state index in [0.29, 0.717) is 18.8 Å². The van der Waals surface area contributed by atoms with E-state index < -0.39 is 0 Å². The standard InChI is InChI=1S/C26H30N4O3/c1-2-15-33-21-10-6-9-20(18-21)25-22-23(19-7-4-3-5-8-19)27-28-24(22)26(31)30(25)12-11-29-13-16-32-17-14-29/h3-10,18,25H,2,11-17H2,1H3,(H,27,28). The number of fused-ring (bicyclic) bond motifs is 1. The van der Waals surface area contributed by atoms with Gasteiger partial charge in [-0.15, -0.1) is 0 Å². The van der Waals surface area contributed by atoms with E-state index in [1.807, 2.05) is 47.4 Å². The summed E-state index contributed by atoms with van der Waals surface area (Å²) >= 11 is 0. The number of carbonyl (C=O) groups is 1. The van der Waals surface area contributed by atoms with Crippen LogP contribution in [0, 0.1) is 0 Å². The summed E-state index contributed by atoms with van der Waals surface area (Å²) in [6.07, 6.45) is 0.946. The molecule has 1 aromatic heterocycles. The summed E-state index contributed by atoms with van der Waals surface area (Å²) in [5, 5.41) is 7.60. The van der Waals surface area contributed by atoms with Crippen LogP contribution in [0.3, 0.4) is 0 Å². The fourth-order valence-electron chi connectivity index (χ4n) is 4.66. The first kappa shape index (κ1) is 21.7. The van der Waals surface area contributed by atoms with E-state index in [4.69, 9.17) is 9.47 Å². The molecule has 0 aliphatic carbocycles. The molecule has 1 saturated heterocycles. The second-order valence-electron chi connectivity index (χ2n) is 8.50. The molecule has 1 N–H and O–H groups in total. The van der Waals surface area contributed by atoms with Gasteiger partial charge in [0.05, 0.1) is 31.6 Å². The van der Waals surface area contributed by atoms with Gasteiger partial charge >= 0.3 is 0 Å². The van der Waals surface area contributed by atoms with Crippen LogP contribution in [0.15, 0.2) is 54.6 Å². The third-order valence-electron chi connectivity index (χ3n) is 6.32. The number of carbonyl (C=O) groups excluding carboxylic acids is 1. The minimum absolute atomic E-state index is 0.00202. The largest absolute Gasteiger partial charge is 0.494 e. The van der Waals surface area contributed by atoms with Crippen molar-refractivity contribution in [1.82, 2.24) is 20.0 Å². The van der Waals surface area contributed by atoms with Gasteiger partial charge in [-0.05, 0) is 24.1 Å². The Kier molecular flexibility index (Phi) is 6.41. The molecule has 0 saturated carbocycles.